The molecular formula is C27H21F2N9O. The largest absolute Gasteiger partial charge is 0.355 e. The molecule has 2 aromatic carbocycles. The van der Waals surface area contributed by atoms with Gasteiger partial charge in [0.2, 0.25) is 5.65 Å². The topological polar surface area (TPSA) is 116 Å². The maximum absolute atomic E-state index is 15.3. The van der Waals surface area contributed by atoms with E-state index in [2.05, 4.69) is 35.7 Å². The molecule has 0 radical (unpaired) electrons. The second kappa shape index (κ2) is 9.31. The van der Waals surface area contributed by atoms with Crippen LogP contribution in [-0.2, 0) is 7.05 Å². The standard InChI is InChI=1S/C27H21F2N9O/c1-14(20-7-16-6-17(18-11-33-37(3)13-18)10-31-23(16)9-22(20)29)38-26-25(35-36-38)32-12-24(34-26)15-4-5-19(21(28)8-15)27(39)30-2/h4-14H,1-3H3,(H,30,39). The van der Waals surface area contributed by atoms with Crippen LogP contribution in [0.25, 0.3) is 44.6 Å². The summed E-state index contributed by atoms with van der Waals surface area (Å²) in [4.78, 5) is 25.2. The molecule has 0 aliphatic carbocycles. The molecule has 4 aromatic heterocycles. The van der Waals surface area contributed by atoms with E-state index in [0.29, 0.717) is 28.0 Å². The molecular weight excluding hydrogens is 504 g/mol. The Hall–Kier alpha value is -5.13. The van der Waals surface area contributed by atoms with Crippen molar-refractivity contribution in [1.29, 1.82) is 0 Å². The zero-order valence-corrected chi connectivity index (χ0v) is 21.1. The molecule has 1 N–H and O–H groups in total. The number of carbonyl (C=O) groups is 1. The van der Waals surface area contributed by atoms with Crippen LogP contribution < -0.4 is 5.32 Å². The third-order valence-corrected chi connectivity index (χ3v) is 6.58. The summed E-state index contributed by atoms with van der Waals surface area (Å²) in [6.45, 7) is 1.78. The lowest BCUT2D eigenvalue weighted by molar-refractivity contribution is 0.0959. The Bertz CT molecular complexity index is 1900. The summed E-state index contributed by atoms with van der Waals surface area (Å²) < 4.78 is 33.0. The van der Waals surface area contributed by atoms with Gasteiger partial charge in [0.15, 0.2) is 5.65 Å². The molecule has 12 heteroatoms. The lowest BCUT2D eigenvalue weighted by Gasteiger charge is -2.15. The van der Waals surface area contributed by atoms with Crippen molar-refractivity contribution in [2.75, 3.05) is 7.05 Å². The van der Waals surface area contributed by atoms with Gasteiger partial charge in [0.25, 0.3) is 5.91 Å². The van der Waals surface area contributed by atoms with Crippen molar-refractivity contribution < 1.29 is 13.6 Å². The molecule has 0 aliphatic rings. The number of hydrogen-bond donors (Lipinski definition) is 1. The zero-order chi connectivity index (χ0) is 27.3. The van der Waals surface area contributed by atoms with E-state index < -0.39 is 23.6 Å². The van der Waals surface area contributed by atoms with Crippen molar-refractivity contribution in [3.05, 3.63) is 83.9 Å². The molecule has 1 unspecified atom stereocenters. The monoisotopic (exact) mass is 525 g/mol. The van der Waals surface area contributed by atoms with Gasteiger partial charge in [-0.3, -0.25) is 14.5 Å². The molecule has 0 fully saturated rings. The SMILES string of the molecule is CNC(=O)c1ccc(-c2cnc3nnn(C(C)c4cc5cc(-c6cnn(C)c6)cnc5cc4F)c3n2)cc1F. The van der Waals surface area contributed by atoms with Crippen LogP contribution in [0.15, 0.2) is 61.2 Å². The van der Waals surface area contributed by atoms with Crippen molar-refractivity contribution in [3.63, 3.8) is 0 Å². The minimum atomic E-state index is -0.689. The van der Waals surface area contributed by atoms with Crippen LogP contribution in [0.3, 0.4) is 0 Å². The van der Waals surface area contributed by atoms with Crippen molar-refractivity contribution in [1.82, 2.24) is 45.0 Å². The van der Waals surface area contributed by atoms with Crippen LogP contribution in [-0.4, -0.2) is 52.7 Å². The molecule has 1 atom stereocenters. The van der Waals surface area contributed by atoms with E-state index in [0.717, 1.165) is 16.5 Å². The van der Waals surface area contributed by atoms with Crippen LogP contribution in [0, 0.1) is 11.6 Å². The minimum Gasteiger partial charge on any atom is -0.355 e. The molecule has 0 saturated carbocycles. The first-order chi connectivity index (χ1) is 18.8. The third kappa shape index (κ3) is 4.25. The smallest absolute Gasteiger partial charge is 0.253 e. The van der Waals surface area contributed by atoms with Crippen LogP contribution in [0.5, 0.6) is 0 Å². The summed E-state index contributed by atoms with van der Waals surface area (Å²) in [5.41, 5.74) is 3.89. The van der Waals surface area contributed by atoms with E-state index in [1.807, 2.05) is 19.3 Å². The first-order valence-corrected chi connectivity index (χ1v) is 12.0. The summed E-state index contributed by atoms with van der Waals surface area (Å²) in [6, 6.07) is 8.64. The number of fused-ring (bicyclic) bond motifs is 2. The Morgan fingerprint density at radius 1 is 0.974 bits per heavy atom. The third-order valence-electron chi connectivity index (χ3n) is 6.58. The number of aromatic nitrogens is 8. The van der Waals surface area contributed by atoms with E-state index in [1.54, 1.807) is 36.1 Å². The van der Waals surface area contributed by atoms with Crippen molar-refractivity contribution in [2.24, 2.45) is 7.05 Å². The molecule has 0 spiro atoms. The number of aryl methyl sites for hydroxylation is 1. The fraction of sp³-hybridized carbons (Fsp3) is 0.148. The molecule has 39 heavy (non-hydrogen) atoms. The van der Waals surface area contributed by atoms with Crippen LogP contribution in [0.1, 0.15) is 28.9 Å². The summed E-state index contributed by atoms with van der Waals surface area (Å²) >= 11 is 0. The van der Waals surface area contributed by atoms with Crippen molar-refractivity contribution >= 4 is 28.1 Å². The Morgan fingerprint density at radius 2 is 1.82 bits per heavy atom. The van der Waals surface area contributed by atoms with Crippen molar-refractivity contribution in [3.8, 4) is 22.4 Å². The van der Waals surface area contributed by atoms with Gasteiger partial charge < -0.3 is 5.32 Å². The van der Waals surface area contributed by atoms with Crippen LogP contribution in [0.2, 0.25) is 0 Å². The van der Waals surface area contributed by atoms with Gasteiger partial charge in [-0.2, -0.15) is 5.10 Å². The summed E-state index contributed by atoms with van der Waals surface area (Å²) in [6.07, 6.45) is 6.76. The predicted molar refractivity (Wildman–Crippen MR) is 140 cm³/mol. The Morgan fingerprint density at radius 3 is 2.56 bits per heavy atom. The number of carbonyl (C=O) groups excluding carboxylic acids is 1. The zero-order valence-electron chi connectivity index (χ0n) is 21.1. The first kappa shape index (κ1) is 24.2. The molecule has 1 amide bonds. The Balaban J connectivity index is 1.40. The lowest BCUT2D eigenvalue weighted by Crippen LogP contribution is -2.19. The number of pyridine rings is 1. The summed E-state index contributed by atoms with van der Waals surface area (Å²) in [5, 5.41) is 15.6. The van der Waals surface area contributed by atoms with Gasteiger partial charge in [-0.15, -0.1) is 5.10 Å². The number of nitrogens with one attached hydrogen (secondary N) is 1. The van der Waals surface area contributed by atoms with Gasteiger partial charge in [-0.25, -0.2) is 23.4 Å². The quantitative estimate of drug-likeness (QED) is 0.360. The average molecular weight is 526 g/mol. The number of nitrogens with zero attached hydrogens (tertiary/aromatic N) is 8. The Labute approximate surface area is 220 Å². The first-order valence-electron chi connectivity index (χ1n) is 12.0. The normalized spacial score (nSPS) is 12.2. The van der Waals surface area contributed by atoms with Crippen molar-refractivity contribution in [2.45, 2.75) is 13.0 Å². The highest BCUT2D eigenvalue weighted by Gasteiger charge is 2.21. The van der Waals surface area contributed by atoms with Crippen LogP contribution >= 0.6 is 0 Å². The van der Waals surface area contributed by atoms with Gasteiger partial charge in [0.05, 0.1) is 35.2 Å². The maximum Gasteiger partial charge on any atom is 0.253 e. The molecule has 6 rings (SSSR count). The second-order valence-electron chi connectivity index (χ2n) is 9.08. The number of halogens is 2. The molecule has 0 aliphatic heterocycles. The van der Waals surface area contributed by atoms with Gasteiger partial charge in [0, 0.05) is 60.2 Å². The fourth-order valence-electron chi connectivity index (χ4n) is 4.47. The van der Waals surface area contributed by atoms with E-state index >= 15 is 4.39 Å². The molecule has 0 bridgehead atoms. The number of rotatable bonds is 5. The maximum atomic E-state index is 15.3. The van der Waals surface area contributed by atoms with Crippen LogP contribution in [0.4, 0.5) is 8.78 Å². The number of hydrogen-bond acceptors (Lipinski definition) is 7. The van der Waals surface area contributed by atoms with E-state index in [4.69, 9.17) is 0 Å². The summed E-state index contributed by atoms with van der Waals surface area (Å²) in [5.74, 6) is -1.67. The van der Waals surface area contributed by atoms with E-state index in [9.17, 15) is 9.18 Å². The highest BCUT2D eigenvalue weighted by atomic mass is 19.1. The number of amides is 1. The number of benzene rings is 2. The van der Waals surface area contributed by atoms with Gasteiger partial charge >= 0.3 is 0 Å². The Kier molecular flexibility index (Phi) is 5.78. The molecule has 194 valence electrons. The van der Waals surface area contributed by atoms with Gasteiger partial charge in [-0.1, -0.05) is 11.3 Å². The second-order valence-corrected chi connectivity index (χ2v) is 9.08. The minimum absolute atomic E-state index is 0.0800. The molecule has 4 heterocycles. The van der Waals surface area contributed by atoms with E-state index in [1.165, 1.54) is 36.1 Å². The predicted octanol–water partition coefficient (Wildman–Crippen LogP) is 4.08. The molecule has 10 nitrogen and oxygen atoms in total. The lowest BCUT2D eigenvalue weighted by atomic mass is 10.0. The summed E-state index contributed by atoms with van der Waals surface area (Å²) in [7, 11) is 3.26. The van der Waals surface area contributed by atoms with E-state index in [-0.39, 0.29) is 11.2 Å². The molecule has 0 saturated heterocycles. The highest BCUT2D eigenvalue weighted by molar-refractivity contribution is 5.94. The average Bonchev–Trinajstić information content (AvgIpc) is 3.57. The van der Waals surface area contributed by atoms with Gasteiger partial charge in [-0.05, 0) is 31.2 Å². The molecule has 6 aromatic rings. The fourth-order valence-corrected chi connectivity index (χ4v) is 4.47. The van der Waals surface area contributed by atoms with Gasteiger partial charge in [0.1, 0.15) is 11.6 Å². The highest BCUT2D eigenvalue weighted by Crippen LogP contribution is 2.30.